The molecule has 39 heavy (non-hydrogen) atoms. The lowest BCUT2D eigenvalue weighted by atomic mass is 9.85. The van der Waals surface area contributed by atoms with Gasteiger partial charge in [0.15, 0.2) is 0 Å². The molecule has 0 radical (unpaired) electrons. The van der Waals surface area contributed by atoms with Crippen molar-refractivity contribution in [2.75, 3.05) is 0 Å². The number of carboxylic acid groups (broad SMARTS) is 1. The van der Waals surface area contributed by atoms with E-state index in [9.17, 15) is 97.0 Å². The van der Waals surface area contributed by atoms with Crippen LogP contribution in [0.5, 0.6) is 0 Å². The molecule has 0 atom stereocenters. The van der Waals surface area contributed by atoms with Gasteiger partial charge in [0.05, 0.1) is 0 Å². The summed E-state index contributed by atoms with van der Waals surface area (Å²) in [6.45, 7) is 0.558. The molecule has 0 aliphatic heterocycles. The van der Waals surface area contributed by atoms with Gasteiger partial charge in [0.1, 0.15) is 0 Å². The quantitative estimate of drug-likeness (QED) is 0.175. The molecule has 0 saturated carbocycles. The molecular weight excluding hydrogens is 623 g/mol. The van der Waals surface area contributed by atoms with Crippen LogP contribution in [0, 0.1) is 0 Å². The number of carboxylic acids is 1. The molecule has 0 aliphatic rings. The van der Waals surface area contributed by atoms with Crippen molar-refractivity contribution in [1.29, 1.82) is 0 Å². The molecule has 0 unspecified atom stereocenters. The van der Waals surface area contributed by atoms with Crippen LogP contribution in [0.4, 0.5) is 92.2 Å². The van der Waals surface area contributed by atoms with E-state index in [-0.39, 0.29) is 6.08 Å². The fourth-order valence-corrected chi connectivity index (χ4v) is 2.30. The fraction of sp³-hybridized carbons (Fsp3) is 0.812. The van der Waals surface area contributed by atoms with E-state index in [0.717, 1.165) is 0 Å². The molecule has 0 spiro atoms. The van der Waals surface area contributed by atoms with Crippen LogP contribution in [0.1, 0.15) is 19.8 Å². The van der Waals surface area contributed by atoms with Gasteiger partial charge in [0.2, 0.25) is 0 Å². The second-order valence-electron chi connectivity index (χ2n) is 7.53. The summed E-state index contributed by atoms with van der Waals surface area (Å²) in [6, 6.07) is 0. The van der Waals surface area contributed by atoms with Crippen LogP contribution < -0.4 is 0 Å². The Morgan fingerprint density at radius 1 is 0.513 bits per heavy atom. The predicted octanol–water partition coefficient (Wildman–Crippen LogP) is 8.08. The Labute approximate surface area is 200 Å². The minimum Gasteiger partial charge on any atom is -0.478 e. The molecule has 0 saturated heterocycles. The third kappa shape index (κ3) is 5.05. The van der Waals surface area contributed by atoms with Gasteiger partial charge in [-0.05, 0) is 13.3 Å². The van der Waals surface area contributed by atoms with Crippen LogP contribution in [0.25, 0.3) is 0 Å². The molecule has 0 aliphatic carbocycles. The maximum atomic E-state index is 13.7. The SMILES string of the molecule is CC(=CCCC(F)(F)C(F)(F)C(F)(F)C(F)(F)C(F)(F)C(F)(F)C(F)(F)C(F)(F)C(F)(F)C(F)(F)F)C(=O)O. The number of aliphatic carboxylic acids is 1. The highest BCUT2D eigenvalue weighted by atomic mass is 19.4. The monoisotopic (exact) mass is 632 g/mol. The Balaban J connectivity index is 6.87. The number of halogens is 21. The molecule has 2 nitrogen and oxygen atoms in total. The average molecular weight is 632 g/mol. The Kier molecular flexibility index (Phi) is 9.12. The van der Waals surface area contributed by atoms with E-state index in [2.05, 4.69) is 0 Å². The third-order valence-electron chi connectivity index (χ3n) is 4.82. The number of alkyl halides is 21. The van der Waals surface area contributed by atoms with Gasteiger partial charge in [-0.25, -0.2) is 4.79 Å². The molecule has 0 heterocycles. The van der Waals surface area contributed by atoms with Crippen LogP contribution in [0.15, 0.2) is 11.6 Å². The summed E-state index contributed by atoms with van der Waals surface area (Å²) < 4.78 is 277. The first-order valence-electron chi connectivity index (χ1n) is 8.95. The van der Waals surface area contributed by atoms with Crippen molar-refractivity contribution in [3.63, 3.8) is 0 Å². The summed E-state index contributed by atoms with van der Waals surface area (Å²) in [4.78, 5) is 10.4. The van der Waals surface area contributed by atoms with Crippen molar-refractivity contribution in [1.82, 2.24) is 0 Å². The molecule has 232 valence electrons. The van der Waals surface area contributed by atoms with Crippen LogP contribution in [0.2, 0.25) is 0 Å². The smallest absolute Gasteiger partial charge is 0.460 e. The summed E-state index contributed by atoms with van der Waals surface area (Å²) in [7, 11) is 0. The van der Waals surface area contributed by atoms with Crippen LogP contribution in [0.3, 0.4) is 0 Å². The van der Waals surface area contributed by atoms with Gasteiger partial charge in [-0.15, -0.1) is 0 Å². The lowest BCUT2D eigenvalue weighted by molar-refractivity contribution is -0.474. The highest BCUT2D eigenvalue weighted by Crippen LogP contribution is 2.66. The second kappa shape index (κ2) is 9.68. The average Bonchev–Trinajstić information content (AvgIpc) is 2.71. The fourth-order valence-electron chi connectivity index (χ4n) is 2.30. The number of rotatable bonds is 12. The Morgan fingerprint density at radius 3 is 1.03 bits per heavy atom. The molecule has 0 fully saturated rings. The van der Waals surface area contributed by atoms with Gasteiger partial charge in [-0.3, -0.25) is 0 Å². The lowest BCUT2D eigenvalue weighted by Gasteiger charge is -2.44. The third-order valence-corrected chi connectivity index (χ3v) is 4.82. The number of hydrogen-bond acceptors (Lipinski definition) is 1. The van der Waals surface area contributed by atoms with Gasteiger partial charge in [-0.2, -0.15) is 92.2 Å². The van der Waals surface area contributed by atoms with Crippen molar-refractivity contribution >= 4 is 5.97 Å². The van der Waals surface area contributed by atoms with E-state index in [1.165, 1.54) is 0 Å². The van der Waals surface area contributed by atoms with Crippen molar-refractivity contribution in [2.24, 2.45) is 0 Å². The maximum Gasteiger partial charge on any atom is 0.460 e. The zero-order valence-corrected chi connectivity index (χ0v) is 17.8. The van der Waals surface area contributed by atoms with Gasteiger partial charge < -0.3 is 5.11 Å². The summed E-state index contributed by atoms with van der Waals surface area (Å²) in [5.41, 5.74) is -0.990. The predicted molar refractivity (Wildman–Crippen MR) is 81.2 cm³/mol. The van der Waals surface area contributed by atoms with E-state index in [4.69, 9.17) is 5.11 Å². The molecule has 0 aromatic rings. The van der Waals surface area contributed by atoms with Gasteiger partial charge in [-0.1, -0.05) is 6.08 Å². The largest absolute Gasteiger partial charge is 0.478 e. The zero-order chi connectivity index (χ0) is 32.3. The standard InChI is InChI=1S/C16H9F21O2/c1-5(6(38)39)3-2-4-7(17,18)8(19,20)9(21,22)10(23,24)11(25,26)12(27,28)13(29,30)14(31,32)15(33,34)16(35,36)37/h3H,2,4H2,1H3,(H,38,39). The molecule has 1 N–H and O–H groups in total. The van der Waals surface area contributed by atoms with E-state index in [1.54, 1.807) is 0 Å². The normalized spacial score (nSPS) is 16.5. The van der Waals surface area contributed by atoms with Crippen LogP contribution >= 0.6 is 0 Å². The minimum absolute atomic E-state index is 0.0365. The summed E-state index contributed by atoms with van der Waals surface area (Å²) in [6.07, 6.45) is -12.6. The number of allylic oxidation sites excluding steroid dienone is 1. The van der Waals surface area contributed by atoms with E-state index < -0.39 is 83.9 Å². The molecule has 0 aromatic heterocycles. The lowest BCUT2D eigenvalue weighted by Crippen LogP contribution is -2.76. The maximum absolute atomic E-state index is 13.7. The summed E-state index contributed by atoms with van der Waals surface area (Å²) >= 11 is 0. The minimum atomic E-state index is -9.21. The van der Waals surface area contributed by atoms with Gasteiger partial charge >= 0.3 is 65.4 Å². The van der Waals surface area contributed by atoms with Crippen molar-refractivity contribution < 1.29 is 102 Å². The van der Waals surface area contributed by atoms with Crippen molar-refractivity contribution in [2.45, 2.75) is 79.2 Å². The molecule has 0 bridgehead atoms. The first-order chi connectivity index (χ1) is 16.6. The first-order valence-corrected chi connectivity index (χ1v) is 8.95. The van der Waals surface area contributed by atoms with Crippen molar-refractivity contribution in [3.8, 4) is 0 Å². The van der Waals surface area contributed by atoms with E-state index >= 15 is 0 Å². The van der Waals surface area contributed by atoms with Crippen molar-refractivity contribution in [3.05, 3.63) is 11.6 Å². The van der Waals surface area contributed by atoms with Gasteiger partial charge in [0.25, 0.3) is 0 Å². The Bertz CT molecular complexity index is 942. The van der Waals surface area contributed by atoms with E-state index in [1.807, 2.05) is 0 Å². The Hall–Kier alpha value is -2.26. The molecule has 23 heteroatoms. The molecule has 0 aromatic carbocycles. The number of carbonyl (C=O) groups is 1. The molecular formula is C16H9F21O2. The topological polar surface area (TPSA) is 37.3 Å². The first kappa shape index (κ1) is 36.7. The highest BCUT2D eigenvalue weighted by molar-refractivity contribution is 5.85. The highest BCUT2D eigenvalue weighted by Gasteiger charge is 2.97. The molecule has 0 rings (SSSR count). The van der Waals surface area contributed by atoms with Crippen LogP contribution in [-0.2, 0) is 4.79 Å². The number of hydrogen-bond donors (Lipinski definition) is 1. The summed E-state index contributed by atoms with van der Waals surface area (Å²) in [5.74, 6) is -79.3. The molecule has 0 amide bonds. The Morgan fingerprint density at radius 2 is 0.769 bits per heavy atom. The van der Waals surface area contributed by atoms with Gasteiger partial charge in [0, 0.05) is 12.0 Å². The second-order valence-corrected chi connectivity index (χ2v) is 7.53. The zero-order valence-electron chi connectivity index (χ0n) is 17.8. The van der Waals surface area contributed by atoms with Crippen LogP contribution in [-0.4, -0.2) is 70.6 Å². The summed E-state index contributed by atoms with van der Waals surface area (Å²) in [5, 5.41) is 8.39. The van der Waals surface area contributed by atoms with E-state index in [0.29, 0.717) is 6.92 Å².